The summed E-state index contributed by atoms with van der Waals surface area (Å²) in [5.74, 6) is -2.79. The van der Waals surface area contributed by atoms with Crippen molar-refractivity contribution in [3.8, 4) is 0 Å². The zero-order valence-corrected chi connectivity index (χ0v) is 9.61. The number of halogens is 3. The Morgan fingerprint density at radius 3 is 2.19 bits per heavy atom. The quantitative estimate of drug-likeness (QED) is 0.833. The van der Waals surface area contributed by atoms with Crippen LogP contribution in [0.25, 0.3) is 0 Å². The molecule has 0 unspecified atom stereocenters. The Morgan fingerprint density at radius 2 is 1.81 bits per heavy atom. The van der Waals surface area contributed by atoms with Crippen molar-refractivity contribution in [1.29, 1.82) is 0 Å². The number of carbonyl (C=O) groups is 1. The second kappa shape index (κ2) is 4.37. The van der Waals surface area contributed by atoms with E-state index in [0.717, 1.165) is 12.1 Å². The molecular formula is C11H11ClF2O2. The summed E-state index contributed by atoms with van der Waals surface area (Å²) < 4.78 is 26.4. The lowest BCUT2D eigenvalue weighted by molar-refractivity contribution is -0.138. The molecule has 0 atom stereocenters. The molecule has 0 amide bonds. The highest BCUT2D eigenvalue weighted by atomic mass is 35.5. The van der Waals surface area contributed by atoms with Gasteiger partial charge in [-0.1, -0.05) is 25.4 Å². The van der Waals surface area contributed by atoms with Crippen LogP contribution in [0.3, 0.4) is 0 Å². The first-order valence-electron chi connectivity index (χ1n) is 4.61. The van der Waals surface area contributed by atoms with Crippen LogP contribution in [0.2, 0.25) is 5.02 Å². The Morgan fingerprint density at radius 1 is 1.38 bits per heavy atom. The van der Waals surface area contributed by atoms with Gasteiger partial charge in [0.15, 0.2) is 0 Å². The minimum Gasteiger partial charge on any atom is -0.481 e. The van der Waals surface area contributed by atoms with Gasteiger partial charge in [0.25, 0.3) is 0 Å². The van der Waals surface area contributed by atoms with Gasteiger partial charge in [0.1, 0.15) is 16.7 Å². The van der Waals surface area contributed by atoms with E-state index in [1.54, 1.807) is 13.8 Å². The van der Waals surface area contributed by atoms with Crippen molar-refractivity contribution in [3.05, 3.63) is 34.4 Å². The van der Waals surface area contributed by atoms with Crippen LogP contribution in [-0.2, 0) is 10.2 Å². The molecule has 0 aliphatic carbocycles. The van der Waals surface area contributed by atoms with Crippen molar-refractivity contribution in [3.63, 3.8) is 0 Å². The van der Waals surface area contributed by atoms with Gasteiger partial charge in [0.05, 0.1) is 6.42 Å². The van der Waals surface area contributed by atoms with Gasteiger partial charge < -0.3 is 5.11 Å². The largest absolute Gasteiger partial charge is 0.481 e. The number of benzene rings is 1. The highest BCUT2D eigenvalue weighted by Gasteiger charge is 2.26. The molecule has 0 fully saturated rings. The summed E-state index contributed by atoms with van der Waals surface area (Å²) in [5, 5.41) is 8.12. The molecule has 16 heavy (non-hydrogen) atoms. The lowest BCUT2D eigenvalue weighted by Crippen LogP contribution is -2.22. The predicted molar refractivity (Wildman–Crippen MR) is 56.6 cm³/mol. The van der Waals surface area contributed by atoms with Crippen molar-refractivity contribution in [1.82, 2.24) is 0 Å². The molecule has 0 saturated heterocycles. The summed E-state index contributed by atoms with van der Waals surface area (Å²) in [6, 6.07) is 2.13. The van der Waals surface area contributed by atoms with Crippen molar-refractivity contribution in [2.24, 2.45) is 0 Å². The lowest BCUT2D eigenvalue weighted by atomic mass is 9.81. The minimum atomic E-state index is -1.03. The highest BCUT2D eigenvalue weighted by molar-refractivity contribution is 6.30. The second-order valence-corrected chi connectivity index (χ2v) is 4.59. The van der Waals surface area contributed by atoms with Gasteiger partial charge in [-0.15, -0.1) is 0 Å². The zero-order chi connectivity index (χ0) is 12.5. The van der Waals surface area contributed by atoms with Gasteiger partial charge >= 0.3 is 5.97 Å². The fourth-order valence-electron chi connectivity index (χ4n) is 1.43. The molecule has 0 radical (unpaired) electrons. The average Bonchev–Trinajstić information content (AvgIpc) is 2.11. The number of aliphatic carboxylic acids is 1. The van der Waals surface area contributed by atoms with Gasteiger partial charge in [-0.2, -0.15) is 0 Å². The monoisotopic (exact) mass is 248 g/mol. The summed E-state index contributed by atoms with van der Waals surface area (Å²) in [5.41, 5.74) is -0.577. The fraction of sp³-hybridized carbons (Fsp3) is 0.364. The van der Waals surface area contributed by atoms with Gasteiger partial charge in [-0.05, 0) is 17.7 Å². The Hall–Kier alpha value is -1.16. The third-order valence-electron chi connectivity index (χ3n) is 2.36. The van der Waals surface area contributed by atoms with Gasteiger partial charge in [-0.25, -0.2) is 8.78 Å². The molecule has 0 aliphatic rings. The maximum atomic E-state index is 13.2. The van der Waals surface area contributed by atoms with Crippen molar-refractivity contribution < 1.29 is 18.7 Å². The third-order valence-corrected chi connectivity index (χ3v) is 2.72. The topological polar surface area (TPSA) is 37.3 Å². The first kappa shape index (κ1) is 12.9. The highest BCUT2D eigenvalue weighted by Crippen LogP contribution is 2.31. The van der Waals surface area contributed by atoms with Crippen molar-refractivity contribution in [2.45, 2.75) is 25.7 Å². The van der Waals surface area contributed by atoms with E-state index in [2.05, 4.69) is 0 Å². The summed E-state index contributed by atoms with van der Waals surface area (Å²) in [6.45, 7) is 3.20. The number of rotatable bonds is 3. The predicted octanol–water partition coefficient (Wildman–Crippen LogP) is 3.37. The summed E-state index contributed by atoms with van der Waals surface area (Å²) in [6.07, 6.45) is -0.215. The lowest BCUT2D eigenvalue weighted by Gasteiger charge is -2.23. The number of carboxylic acid groups (broad SMARTS) is 1. The van der Waals surface area contributed by atoms with Crippen molar-refractivity contribution in [2.75, 3.05) is 0 Å². The molecule has 0 bridgehead atoms. The molecule has 1 aromatic rings. The second-order valence-electron chi connectivity index (χ2n) is 4.21. The summed E-state index contributed by atoms with van der Waals surface area (Å²) >= 11 is 5.34. The van der Waals surface area contributed by atoms with E-state index < -0.39 is 28.0 Å². The Balaban J connectivity index is 3.18. The van der Waals surface area contributed by atoms with Crippen LogP contribution < -0.4 is 0 Å². The first-order chi connectivity index (χ1) is 7.24. The standard InChI is InChI=1S/C11H11ClF2O2/c1-11(2,5-9(15)16)6-3-7(13)10(12)8(14)4-6/h3-4H,5H2,1-2H3,(H,15,16). The smallest absolute Gasteiger partial charge is 0.304 e. The van der Waals surface area contributed by atoms with E-state index in [9.17, 15) is 13.6 Å². The van der Waals surface area contributed by atoms with E-state index in [-0.39, 0.29) is 12.0 Å². The van der Waals surface area contributed by atoms with Crippen LogP contribution >= 0.6 is 11.6 Å². The fourth-order valence-corrected chi connectivity index (χ4v) is 1.54. The molecule has 0 aromatic heterocycles. The molecule has 2 nitrogen and oxygen atoms in total. The van der Waals surface area contributed by atoms with Gasteiger partial charge in [-0.3, -0.25) is 4.79 Å². The summed E-state index contributed by atoms with van der Waals surface area (Å²) in [7, 11) is 0. The normalized spacial score (nSPS) is 11.6. The molecule has 0 heterocycles. The average molecular weight is 249 g/mol. The SMILES string of the molecule is CC(C)(CC(=O)O)c1cc(F)c(Cl)c(F)c1. The molecular weight excluding hydrogens is 238 g/mol. The van der Waals surface area contributed by atoms with Crippen LogP contribution in [0.15, 0.2) is 12.1 Å². The van der Waals surface area contributed by atoms with Gasteiger partial charge in [0, 0.05) is 5.41 Å². The van der Waals surface area contributed by atoms with Crippen LogP contribution in [-0.4, -0.2) is 11.1 Å². The molecule has 88 valence electrons. The molecule has 5 heteroatoms. The van der Waals surface area contributed by atoms with Gasteiger partial charge in [0.2, 0.25) is 0 Å². The zero-order valence-electron chi connectivity index (χ0n) is 8.85. The van der Waals surface area contributed by atoms with Crippen LogP contribution in [0.5, 0.6) is 0 Å². The number of hydrogen-bond donors (Lipinski definition) is 1. The van der Waals surface area contributed by atoms with Crippen LogP contribution in [0.4, 0.5) is 8.78 Å². The molecule has 1 N–H and O–H groups in total. The Labute approximate surface area is 96.8 Å². The summed E-state index contributed by atoms with van der Waals surface area (Å²) in [4.78, 5) is 10.6. The van der Waals surface area contributed by atoms with E-state index >= 15 is 0 Å². The minimum absolute atomic E-state index is 0.215. The Bertz CT molecular complexity index is 407. The van der Waals surface area contributed by atoms with E-state index in [0.29, 0.717) is 0 Å². The molecule has 0 spiro atoms. The van der Waals surface area contributed by atoms with Crippen molar-refractivity contribution >= 4 is 17.6 Å². The van der Waals surface area contributed by atoms with E-state index in [4.69, 9.17) is 16.7 Å². The Kier molecular flexibility index (Phi) is 3.53. The maximum Gasteiger partial charge on any atom is 0.304 e. The third kappa shape index (κ3) is 2.70. The molecule has 0 aliphatic heterocycles. The first-order valence-corrected chi connectivity index (χ1v) is 4.98. The maximum absolute atomic E-state index is 13.2. The number of carboxylic acids is 1. The van der Waals surface area contributed by atoms with Crippen LogP contribution in [0, 0.1) is 11.6 Å². The molecule has 1 aromatic carbocycles. The molecule has 0 saturated carbocycles. The van der Waals surface area contributed by atoms with E-state index in [1.807, 2.05) is 0 Å². The van der Waals surface area contributed by atoms with E-state index in [1.165, 1.54) is 0 Å². The number of hydrogen-bond acceptors (Lipinski definition) is 1. The van der Waals surface area contributed by atoms with Crippen LogP contribution in [0.1, 0.15) is 25.8 Å². The molecule has 1 rings (SSSR count).